The molecule has 0 spiro atoms. The van der Waals surface area contributed by atoms with Gasteiger partial charge in [0, 0.05) is 30.9 Å². The zero-order valence-electron chi connectivity index (χ0n) is 14.9. The van der Waals surface area contributed by atoms with Gasteiger partial charge in [0.25, 0.3) is 0 Å². The quantitative estimate of drug-likeness (QED) is 0.468. The summed E-state index contributed by atoms with van der Waals surface area (Å²) in [5.74, 6) is 1.000. The number of azo groups is 1. The first-order valence-electron chi connectivity index (χ1n) is 8.13. The van der Waals surface area contributed by atoms with Crippen LogP contribution in [0.5, 0.6) is 11.5 Å². The Morgan fingerprint density at radius 2 is 1.54 bits per heavy atom. The Bertz CT molecular complexity index is 729. The third kappa shape index (κ3) is 4.84. The summed E-state index contributed by atoms with van der Waals surface area (Å²) in [6.45, 7) is 0.925. The predicted octanol–water partition coefficient (Wildman–Crippen LogP) is 2.49. The molecular formula is C18H24N4O4. The van der Waals surface area contributed by atoms with E-state index in [2.05, 4.69) is 10.2 Å². The molecule has 0 amide bonds. The minimum atomic E-state index is 0.0141. The molecule has 8 heteroatoms. The fourth-order valence-electron chi connectivity index (χ4n) is 2.44. The van der Waals surface area contributed by atoms with Crippen molar-refractivity contribution in [1.82, 2.24) is 0 Å². The second-order valence-corrected chi connectivity index (χ2v) is 5.42. The van der Waals surface area contributed by atoms with Gasteiger partial charge in [-0.15, -0.1) is 5.11 Å². The Morgan fingerprint density at radius 3 is 2.08 bits per heavy atom. The molecule has 0 aliphatic heterocycles. The van der Waals surface area contributed by atoms with Crippen LogP contribution in [0.15, 0.2) is 46.6 Å². The Hall–Kier alpha value is -2.84. The first-order chi connectivity index (χ1) is 12.6. The summed E-state index contributed by atoms with van der Waals surface area (Å²) in [6.07, 6.45) is 0. The van der Waals surface area contributed by atoms with Crippen LogP contribution < -0.4 is 20.1 Å². The van der Waals surface area contributed by atoms with Crippen LogP contribution in [0.4, 0.5) is 22.7 Å². The summed E-state index contributed by atoms with van der Waals surface area (Å²) in [4.78, 5) is 1.88. The number of benzene rings is 2. The lowest BCUT2D eigenvalue weighted by Crippen LogP contribution is -2.29. The maximum absolute atomic E-state index is 9.11. The van der Waals surface area contributed by atoms with Crippen molar-refractivity contribution >= 4 is 22.7 Å². The molecule has 2 aromatic carbocycles. The number of nitrogen functional groups attached to an aromatic ring is 1. The molecule has 4 N–H and O–H groups in total. The third-order valence-corrected chi connectivity index (χ3v) is 3.76. The number of nitrogens with zero attached hydrogens (tertiary/aromatic N) is 3. The molecule has 2 aromatic rings. The number of ether oxygens (including phenoxy) is 2. The zero-order chi connectivity index (χ0) is 18.9. The second-order valence-electron chi connectivity index (χ2n) is 5.42. The summed E-state index contributed by atoms with van der Waals surface area (Å²) in [7, 11) is 3.06. The smallest absolute Gasteiger partial charge is 0.148 e. The third-order valence-electron chi connectivity index (χ3n) is 3.76. The number of nitrogens with two attached hydrogens (primary N) is 1. The molecule has 140 valence electrons. The number of anilines is 2. The lowest BCUT2D eigenvalue weighted by Gasteiger charge is -2.22. The van der Waals surface area contributed by atoms with Crippen LogP contribution in [-0.4, -0.2) is 50.7 Å². The van der Waals surface area contributed by atoms with Gasteiger partial charge in [0.15, 0.2) is 0 Å². The van der Waals surface area contributed by atoms with E-state index in [0.29, 0.717) is 41.7 Å². The Labute approximate surface area is 152 Å². The van der Waals surface area contributed by atoms with Crippen LogP contribution in [0.25, 0.3) is 0 Å². The Kier molecular flexibility index (Phi) is 7.19. The molecule has 0 saturated heterocycles. The van der Waals surface area contributed by atoms with Gasteiger partial charge in [-0.1, -0.05) is 0 Å². The second kappa shape index (κ2) is 9.59. The van der Waals surface area contributed by atoms with Crippen LogP contribution in [0.3, 0.4) is 0 Å². The van der Waals surface area contributed by atoms with E-state index in [1.165, 1.54) is 14.2 Å². The van der Waals surface area contributed by atoms with Crippen molar-refractivity contribution in [3.8, 4) is 11.5 Å². The summed E-state index contributed by atoms with van der Waals surface area (Å²) in [5.41, 5.74) is 8.36. The van der Waals surface area contributed by atoms with Crippen LogP contribution in [0.2, 0.25) is 0 Å². The molecule has 0 radical (unpaired) electrons. The fourth-order valence-corrected chi connectivity index (χ4v) is 2.44. The zero-order valence-corrected chi connectivity index (χ0v) is 14.9. The average molecular weight is 360 g/mol. The van der Waals surface area contributed by atoms with Crippen molar-refractivity contribution in [1.29, 1.82) is 0 Å². The van der Waals surface area contributed by atoms with Crippen molar-refractivity contribution < 1.29 is 19.7 Å². The normalized spacial score (nSPS) is 10.9. The maximum Gasteiger partial charge on any atom is 0.148 e. The van der Waals surface area contributed by atoms with E-state index in [1.807, 2.05) is 29.2 Å². The van der Waals surface area contributed by atoms with Crippen molar-refractivity contribution in [2.24, 2.45) is 10.2 Å². The predicted molar refractivity (Wildman–Crippen MR) is 101 cm³/mol. The lowest BCUT2D eigenvalue weighted by atomic mass is 10.2. The molecular weight excluding hydrogens is 336 g/mol. The van der Waals surface area contributed by atoms with Crippen LogP contribution >= 0.6 is 0 Å². The number of aliphatic hydroxyl groups excluding tert-OH is 2. The van der Waals surface area contributed by atoms with E-state index in [9.17, 15) is 0 Å². The minimum absolute atomic E-state index is 0.0141. The fraction of sp³-hybridized carbons (Fsp3) is 0.333. The van der Waals surface area contributed by atoms with E-state index in [-0.39, 0.29) is 13.2 Å². The maximum atomic E-state index is 9.11. The summed E-state index contributed by atoms with van der Waals surface area (Å²) in [5, 5.41) is 26.7. The number of methoxy groups -OCH3 is 2. The Morgan fingerprint density at radius 1 is 0.923 bits per heavy atom. The molecule has 8 nitrogen and oxygen atoms in total. The van der Waals surface area contributed by atoms with E-state index >= 15 is 0 Å². The standard InChI is InChI=1S/C18H24N4O4/c1-25-17-12-16(18(26-2)11-15(17)19)21-20-13-3-5-14(6-4-13)22(7-9-23)8-10-24/h3-6,11-12,23-24H,7-10,19H2,1-2H3/b21-20+. The molecule has 0 aliphatic rings. The largest absolute Gasteiger partial charge is 0.495 e. The first-order valence-corrected chi connectivity index (χ1v) is 8.13. The number of hydrogen-bond acceptors (Lipinski definition) is 8. The van der Waals surface area contributed by atoms with Crippen LogP contribution in [-0.2, 0) is 0 Å². The molecule has 0 saturated carbocycles. The van der Waals surface area contributed by atoms with E-state index in [4.69, 9.17) is 25.4 Å². The number of rotatable bonds is 9. The first kappa shape index (κ1) is 19.5. The SMILES string of the molecule is COc1cc(/N=N/c2ccc(N(CCO)CCO)cc2)c(OC)cc1N. The van der Waals surface area contributed by atoms with Crippen molar-refractivity contribution in [2.75, 3.05) is 51.2 Å². The average Bonchev–Trinajstić information content (AvgIpc) is 2.67. The summed E-state index contributed by atoms with van der Waals surface area (Å²) >= 11 is 0. The van der Waals surface area contributed by atoms with Gasteiger partial charge in [0.05, 0.1) is 38.8 Å². The Balaban J connectivity index is 2.20. The molecule has 0 unspecified atom stereocenters. The molecule has 26 heavy (non-hydrogen) atoms. The van der Waals surface area contributed by atoms with Crippen LogP contribution in [0, 0.1) is 0 Å². The topological polar surface area (TPSA) is 113 Å². The lowest BCUT2D eigenvalue weighted by molar-refractivity contribution is 0.281. The van der Waals surface area contributed by atoms with E-state index < -0.39 is 0 Å². The highest BCUT2D eigenvalue weighted by molar-refractivity contribution is 5.67. The number of aliphatic hydroxyl groups is 2. The van der Waals surface area contributed by atoms with Gasteiger partial charge >= 0.3 is 0 Å². The monoisotopic (exact) mass is 360 g/mol. The van der Waals surface area contributed by atoms with E-state index in [1.54, 1.807) is 12.1 Å². The molecule has 0 aromatic heterocycles. The van der Waals surface area contributed by atoms with Gasteiger partial charge in [0.2, 0.25) is 0 Å². The van der Waals surface area contributed by atoms with Gasteiger partial charge in [-0.25, -0.2) is 0 Å². The number of hydrogen-bond donors (Lipinski definition) is 3. The van der Waals surface area contributed by atoms with Crippen molar-refractivity contribution in [3.63, 3.8) is 0 Å². The van der Waals surface area contributed by atoms with Gasteiger partial charge in [-0.2, -0.15) is 5.11 Å². The highest BCUT2D eigenvalue weighted by atomic mass is 16.5. The highest BCUT2D eigenvalue weighted by Gasteiger charge is 2.09. The summed E-state index contributed by atoms with van der Waals surface area (Å²) < 4.78 is 10.5. The van der Waals surface area contributed by atoms with Crippen LogP contribution in [0.1, 0.15) is 0 Å². The highest BCUT2D eigenvalue weighted by Crippen LogP contribution is 2.37. The van der Waals surface area contributed by atoms with Gasteiger partial charge in [-0.3, -0.25) is 0 Å². The molecule has 0 atom stereocenters. The van der Waals surface area contributed by atoms with Gasteiger partial charge in [-0.05, 0) is 24.3 Å². The van der Waals surface area contributed by atoms with Crippen molar-refractivity contribution in [3.05, 3.63) is 36.4 Å². The molecule has 0 heterocycles. The molecule has 0 bridgehead atoms. The molecule has 0 fully saturated rings. The van der Waals surface area contributed by atoms with E-state index in [0.717, 1.165) is 5.69 Å². The van der Waals surface area contributed by atoms with Gasteiger partial charge in [0.1, 0.15) is 17.2 Å². The van der Waals surface area contributed by atoms with Gasteiger partial charge < -0.3 is 30.3 Å². The summed E-state index contributed by atoms with van der Waals surface area (Å²) in [6, 6.07) is 10.6. The molecule has 0 aliphatic carbocycles. The minimum Gasteiger partial charge on any atom is -0.495 e. The molecule has 2 rings (SSSR count). The van der Waals surface area contributed by atoms with Crippen molar-refractivity contribution in [2.45, 2.75) is 0 Å².